The van der Waals surface area contributed by atoms with Gasteiger partial charge in [-0.1, -0.05) is 0 Å². The lowest BCUT2D eigenvalue weighted by molar-refractivity contribution is 0.100. The number of nitrogens with two attached hydrogens (primary N) is 4. The summed E-state index contributed by atoms with van der Waals surface area (Å²) in [6.07, 6.45) is 1.38. The Kier molecular flexibility index (Phi) is 6.37. The van der Waals surface area contributed by atoms with Crippen LogP contribution in [0.4, 0.5) is 23.5 Å². The zero-order valence-corrected chi connectivity index (χ0v) is 17.8. The highest BCUT2D eigenvalue weighted by Gasteiger charge is 2.33. The number of nitrogens with one attached hydrogen (secondary N) is 1. The average molecular weight is 443 g/mol. The number of anilines is 4. The van der Waals surface area contributed by atoms with Crippen LogP contribution in [0.3, 0.4) is 0 Å². The number of amides is 1. The molecule has 172 valence electrons. The maximum Gasteiger partial charge on any atom is 0.248 e. The third kappa shape index (κ3) is 4.88. The summed E-state index contributed by atoms with van der Waals surface area (Å²) >= 11 is 0. The number of benzene rings is 1. The van der Waals surface area contributed by atoms with E-state index in [1.165, 1.54) is 0 Å². The lowest BCUT2D eigenvalue weighted by Crippen LogP contribution is -2.53. The number of aliphatic hydroxyl groups excluding tert-OH is 1. The van der Waals surface area contributed by atoms with Gasteiger partial charge in [0.1, 0.15) is 0 Å². The molecule has 0 saturated carbocycles. The predicted octanol–water partition coefficient (Wildman–Crippen LogP) is -1.52. The van der Waals surface area contributed by atoms with Gasteiger partial charge in [-0.3, -0.25) is 4.79 Å². The second-order valence-electron chi connectivity index (χ2n) is 8.47. The molecule has 1 aromatic carbocycles. The van der Waals surface area contributed by atoms with Crippen molar-refractivity contribution >= 4 is 29.4 Å². The van der Waals surface area contributed by atoms with E-state index in [0.29, 0.717) is 55.2 Å². The Morgan fingerprint density at radius 1 is 0.969 bits per heavy atom. The van der Waals surface area contributed by atoms with Crippen LogP contribution in [0.25, 0.3) is 0 Å². The van der Waals surface area contributed by atoms with Crippen molar-refractivity contribution < 1.29 is 9.90 Å². The molecule has 1 aromatic heterocycles. The molecule has 3 heterocycles. The molecule has 1 amide bonds. The van der Waals surface area contributed by atoms with Gasteiger partial charge in [0.05, 0.1) is 12.6 Å². The minimum atomic E-state index is -0.500. The number of aliphatic hydroxyl groups is 1. The number of carbonyl (C=O) groups is 1. The van der Waals surface area contributed by atoms with E-state index in [1.54, 1.807) is 24.3 Å². The Labute approximate surface area is 186 Å². The molecule has 10 N–H and O–H groups in total. The Bertz CT molecular complexity index is 946. The fourth-order valence-corrected chi connectivity index (χ4v) is 4.24. The van der Waals surface area contributed by atoms with Gasteiger partial charge in [-0.2, -0.15) is 15.0 Å². The van der Waals surface area contributed by atoms with E-state index in [2.05, 4.69) is 20.3 Å². The number of hydrogen-bond donors (Lipinski definition) is 6. The van der Waals surface area contributed by atoms with Crippen molar-refractivity contribution in [2.24, 2.45) is 22.9 Å². The number of aromatic nitrogens is 3. The Morgan fingerprint density at radius 2 is 1.59 bits per heavy atom. The maximum atomic E-state index is 11.3. The van der Waals surface area contributed by atoms with Crippen LogP contribution in [0.15, 0.2) is 24.3 Å². The van der Waals surface area contributed by atoms with E-state index in [-0.39, 0.29) is 30.8 Å². The summed E-state index contributed by atoms with van der Waals surface area (Å²) in [6.45, 7) is 1.63. The van der Waals surface area contributed by atoms with E-state index in [4.69, 9.17) is 22.9 Å². The zero-order chi connectivity index (χ0) is 22.8. The molecule has 0 unspecified atom stereocenters. The molecule has 0 spiro atoms. The first-order valence-corrected chi connectivity index (χ1v) is 10.6. The Balaban J connectivity index is 1.67. The highest BCUT2D eigenvalue weighted by molar-refractivity contribution is 5.93. The molecule has 2 aromatic rings. The molecule has 0 aliphatic carbocycles. The molecule has 32 heavy (non-hydrogen) atoms. The molecule has 0 radical (unpaired) electrons. The lowest BCUT2D eigenvalue weighted by atomic mass is 10.0. The van der Waals surface area contributed by atoms with E-state index >= 15 is 0 Å². The van der Waals surface area contributed by atoms with Crippen molar-refractivity contribution in [1.29, 1.82) is 0 Å². The van der Waals surface area contributed by atoms with Crippen LogP contribution < -0.4 is 38.1 Å². The topological polar surface area (TPSA) is 199 Å². The zero-order valence-electron chi connectivity index (χ0n) is 17.8. The Morgan fingerprint density at radius 3 is 2.22 bits per heavy atom. The van der Waals surface area contributed by atoms with Crippen molar-refractivity contribution in [2.75, 3.05) is 41.4 Å². The summed E-state index contributed by atoms with van der Waals surface area (Å²) in [4.78, 5) is 29.0. The predicted molar refractivity (Wildman–Crippen MR) is 122 cm³/mol. The van der Waals surface area contributed by atoms with Gasteiger partial charge in [0, 0.05) is 49.0 Å². The van der Waals surface area contributed by atoms with Gasteiger partial charge in [-0.25, -0.2) is 0 Å². The summed E-state index contributed by atoms with van der Waals surface area (Å²) in [5.74, 6) is 0.696. The van der Waals surface area contributed by atoms with Crippen molar-refractivity contribution in [2.45, 2.75) is 37.0 Å². The number of primary amides is 1. The van der Waals surface area contributed by atoms with Crippen molar-refractivity contribution in [3.8, 4) is 0 Å². The molecular formula is C20H30N10O2. The molecular weight excluding hydrogens is 412 g/mol. The highest BCUT2D eigenvalue weighted by atomic mass is 16.3. The summed E-state index contributed by atoms with van der Waals surface area (Å²) in [7, 11) is 0. The van der Waals surface area contributed by atoms with Gasteiger partial charge in [0.25, 0.3) is 0 Å². The first-order valence-electron chi connectivity index (χ1n) is 10.6. The molecule has 4 atom stereocenters. The smallest absolute Gasteiger partial charge is 0.248 e. The second kappa shape index (κ2) is 9.20. The van der Waals surface area contributed by atoms with Crippen LogP contribution in [-0.4, -0.2) is 76.4 Å². The van der Waals surface area contributed by atoms with Gasteiger partial charge in [-0.15, -0.1) is 0 Å². The Hall–Kier alpha value is -3.06. The van der Waals surface area contributed by atoms with E-state index in [0.717, 1.165) is 6.42 Å². The number of carbonyl (C=O) groups excluding carboxylic acids is 1. The van der Waals surface area contributed by atoms with Gasteiger partial charge in [0.15, 0.2) is 0 Å². The fourth-order valence-electron chi connectivity index (χ4n) is 4.24. The third-order valence-corrected chi connectivity index (χ3v) is 5.75. The van der Waals surface area contributed by atoms with Crippen molar-refractivity contribution in [3.05, 3.63) is 29.8 Å². The van der Waals surface area contributed by atoms with E-state index in [1.807, 2.05) is 9.80 Å². The van der Waals surface area contributed by atoms with Gasteiger partial charge in [0.2, 0.25) is 23.8 Å². The van der Waals surface area contributed by atoms with Crippen LogP contribution in [0.1, 0.15) is 23.2 Å². The largest absolute Gasteiger partial charge is 0.394 e. The monoisotopic (exact) mass is 442 g/mol. The minimum absolute atomic E-state index is 0.0501. The van der Waals surface area contributed by atoms with Gasteiger partial charge < -0.3 is 43.2 Å². The lowest BCUT2D eigenvalue weighted by Gasteiger charge is -2.35. The number of nitrogens with zero attached hydrogens (tertiary/aromatic N) is 5. The van der Waals surface area contributed by atoms with Crippen LogP contribution in [0.2, 0.25) is 0 Å². The van der Waals surface area contributed by atoms with Crippen molar-refractivity contribution in [1.82, 2.24) is 15.0 Å². The molecule has 12 heteroatoms. The SMILES string of the molecule is NC(=O)c1ccc(Nc2nc(N3C[C@H](N)C[C@H](N)C3)nc(N3C[C@@H](N)C[C@H]3CO)n2)cc1. The molecule has 2 saturated heterocycles. The highest BCUT2D eigenvalue weighted by Crippen LogP contribution is 2.26. The quantitative estimate of drug-likeness (QED) is 0.303. The standard InChI is InChI=1S/C20H30N10O2/c21-12-5-13(22)8-29(7-12)19-26-18(25-15-3-1-11(2-4-15)17(24)32)27-20(28-19)30-9-14(23)6-16(30)10-31/h1-4,12-14,16,31H,5-10,21-23H2,(H2,24,32)(H,25,26,27,28)/t12-,13+,14-,16-/m0/s1. The van der Waals surface area contributed by atoms with Crippen molar-refractivity contribution in [3.63, 3.8) is 0 Å². The van der Waals surface area contributed by atoms with Crippen LogP contribution in [-0.2, 0) is 0 Å². The summed E-state index contributed by atoms with van der Waals surface area (Å²) in [6, 6.07) is 6.27. The molecule has 2 aliphatic heterocycles. The first-order chi connectivity index (χ1) is 15.3. The summed E-state index contributed by atoms with van der Waals surface area (Å²) < 4.78 is 0. The first kappa shape index (κ1) is 22.1. The number of piperidine rings is 1. The molecule has 0 bridgehead atoms. The second-order valence-corrected chi connectivity index (χ2v) is 8.47. The minimum Gasteiger partial charge on any atom is -0.394 e. The van der Waals surface area contributed by atoms with Crippen LogP contribution in [0, 0.1) is 0 Å². The molecule has 12 nitrogen and oxygen atoms in total. The molecule has 2 fully saturated rings. The maximum absolute atomic E-state index is 11.3. The fraction of sp³-hybridized carbons (Fsp3) is 0.500. The van der Waals surface area contributed by atoms with E-state index < -0.39 is 5.91 Å². The van der Waals surface area contributed by atoms with Crippen LogP contribution >= 0.6 is 0 Å². The van der Waals surface area contributed by atoms with E-state index in [9.17, 15) is 9.90 Å². The average Bonchev–Trinajstić information content (AvgIpc) is 3.14. The number of rotatable bonds is 6. The third-order valence-electron chi connectivity index (χ3n) is 5.75. The van der Waals surface area contributed by atoms with Gasteiger partial charge >= 0.3 is 0 Å². The molecule has 4 rings (SSSR count). The normalized spacial score (nSPS) is 25.8. The van der Waals surface area contributed by atoms with Crippen LogP contribution in [0.5, 0.6) is 0 Å². The number of hydrogen-bond acceptors (Lipinski definition) is 11. The van der Waals surface area contributed by atoms with Gasteiger partial charge in [-0.05, 0) is 37.1 Å². The summed E-state index contributed by atoms with van der Waals surface area (Å²) in [5.41, 5.74) is 24.9. The summed E-state index contributed by atoms with van der Waals surface area (Å²) in [5, 5.41) is 13.0. The molecule has 2 aliphatic rings.